The molecule has 0 radical (unpaired) electrons. The first-order chi connectivity index (χ1) is 14.0. The van der Waals surface area contributed by atoms with E-state index in [4.69, 9.17) is 23.2 Å². The van der Waals surface area contributed by atoms with Crippen LogP contribution < -0.4 is 4.90 Å². The van der Waals surface area contributed by atoms with Crippen LogP contribution in [0.1, 0.15) is 13.8 Å². The fourth-order valence-corrected chi connectivity index (χ4v) is 5.09. The smallest absolute Gasteiger partial charge is 0.239 e. The van der Waals surface area contributed by atoms with Crippen molar-refractivity contribution in [2.24, 2.45) is 0 Å². The average molecular weight is 505 g/mol. The van der Waals surface area contributed by atoms with E-state index in [1.165, 1.54) is 23.1 Å². The van der Waals surface area contributed by atoms with E-state index in [9.17, 15) is 4.79 Å². The summed E-state index contributed by atoms with van der Waals surface area (Å²) in [6.07, 6.45) is 0. The number of hydrogen-bond donors (Lipinski definition) is 0. The van der Waals surface area contributed by atoms with Crippen LogP contribution in [-0.2, 0) is 4.79 Å². The van der Waals surface area contributed by atoms with Gasteiger partial charge in [0, 0.05) is 23.0 Å². The Morgan fingerprint density at radius 2 is 1.77 bits per heavy atom. The van der Waals surface area contributed by atoms with Gasteiger partial charge in [-0.3, -0.25) is 9.69 Å². The largest absolute Gasteiger partial charge is 0.302 e. The number of likely N-dealkylation sites (N-methyl/N-ethyl adjacent to an activating group) is 1. The van der Waals surface area contributed by atoms with Crippen LogP contribution in [0.15, 0.2) is 47.4 Å². The lowest BCUT2D eigenvalue weighted by atomic mass is 10.3. The molecular formula is C21H24Cl3N3OS2. The molecular weight excluding hydrogens is 481 g/mol. The number of para-hydroxylation sites is 1. The normalized spacial score (nSPS) is 11.0. The Hall–Kier alpha value is -1.02. The van der Waals surface area contributed by atoms with Gasteiger partial charge in [0.25, 0.3) is 0 Å². The van der Waals surface area contributed by atoms with Crippen molar-refractivity contribution in [3.05, 3.63) is 52.5 Å². The van der Waals surface area contributed by atoms with Crippen molar-refractivity contribution in [1.29, 1.82) is 0 Å². The van der Waals surface area contributed by atoms with Gasteiger partial charge in [0.1, 0.15) is 5.52 Å². The zero-order valence-corrected chi connectivity index (χ0v) is 20.8. The zero-order valence-electron chi connectivity index (χ0n) is 16.8. The predicted molar refractivity (Wildman–Crippen MR) is 134 cm³/mol. The van der Waals surface area contributed by atoms with E-state index in [-0.39, 0.29) is 18.3 Å². The second-order valence-electron chi connectivity index (χ2n) is 6.40. The highest BCUT2D eigenvalue weighted by atomic mass is 35.5. The summed E-state index contributed by atoms with van der Waals surface area (Å²) in [6, 6.07) is 13.2. The highest BCUT2D eigenvalue weighted by molar-refractivity contribution is 8.00. The third kappa shape index (κ3) is 6.49. The van der Waals surface area contributed by atoms with Crippen LogP contribution in [-0.4, -0.2) is 47.7 Å². The highest BCUT2D eigenvalue weighted by Crippen LogP contribution is 2.33. The fraction of sp³-hybridized carbons (Fsp3) is 0.333. The molecule has 0 aliphatic heterocycles. The Balaban J connectivity index is 0.00000320. The van der Waals surface area contributed by atoms with Crippen molar-refractivity contribution in [2.45, 2.75) is 18.7 Å². The number of aromatic nitrogens is 1. The summed E-state index contributed by atoms with van der Waals surface area (Å²) in [7, 11) is 0. The van der Waals surface area contributed by atoms with E-state index in [0.717, 1.165) is 34.7 Å². The van der Waals surface area contributed by atoms with E-state index in [2.05, 4.69) is 23.7 Å². The number of nitrogens with zero attached hydrogens (tertiary/aromatic N) is 3. The molecule has 1 heterocycles. The lowest BCUT2D eigenvalue weighted by Gasteiger charge is -2.24. The lowest BCUT2D eigenvalue weighted by molar-refractivity contribution is -0.116. The number of rotatable bonds is 9. The van der Waals surface area contributed by atoms with Gasteiger partial charge >= 0.3 is 0 Å². The second-order valence-corrected chi connectivity index (χ2v) is 9.30. The molecule has 0 saturated carbocycles. The third-order valence-electron chi connectivity index (χ3n) is 4.60. The summed E-state index contributed by atoms with van der Waals surface area (Å²) in [5, 5.41) is 1.99. The van der Waals surface area contributed by atoms with Crippen LogP contribution in [0.5, 0.6) is 0 Å². The lowest BCUT2D eigenvalue weighted by Crippen LogP contribution is -2.39. The number of carbonyl (C=O) groups is 1. The van der Waals surface area contributed by atoms with Crippen molar-refractivity contribution in [2.75, 3.05) is 36.8 Å². The van der Waals surface area contributed by atoms with E-state index < -0.39 is 0 Å². The Labute approximate surface area is 202 Å². The third-order valence-corrected chi connectivity index (χ3v) is 7.20. The molecule has 0 saturated heterocycles. The van der Waals surface area contributed by atoms with Crippen molar-refractivity contribution in [3.63, 3.8) is 0 Å². The maximum atomic E-state index is 13.1. The Bertz CT molecular complexity index is 962. The molecule has 0 unspecified atom stereocenters. The molecule has 0 aliphatic carbocycles. The van der Waals surface area contributed by atoms with E-state index in [0.29, 0.717) is 27.5 Å². The van der Waals surface area contributed by atoms with Gasteiger partial charge in [-0.1, -0.05) is 54.5 Å². The number of carbonyl (C=O) groups excluding carboxylic acids is 1. The summed E-state index contributed by atoms with van der Waals surface area (Å²) in [6.45, 7) is 7.55. The van der Waals surface area contributed by atoms with Gasteiger partial charge in [-0.05, 0) is 49.5 Å². The fourth-order valence-electron chi connectivity index (χ4n) is 2.88. The van der Waals surface area contributed by atoms with Crippen molar-refractivity contribution in [3.8, 4) is 0 Å². The van der Waals surface area contributed by atoms with E-state index in [1.54, 1.807) is 4.90 Å². The first-order valence-electron chi connectivity index (χ1n) is 9.48. The van der Waals surface area contributed by atoms with Crippen LogP contribution in [0.4, 0.5) is 5.13 Å². The number of anilines is 1. The van der Waals surface area contributed by atoms with Crippen LogP contribution >= 0.6 is 58.7 Å². The minimum Gasteiger partial charge on any atom is -0.302 e. The number of thiazole rings is 1. The first-order valence-corrected chi connectivity index (χ1v) is 12.0. The second kappa shape index (κ2) is 12.1. The van der Waals surface area contributed by atoms with Gasteiger partial charge in [0.05, 0.1) is 15.5 Å². The summed E-state index contributed by atoms with van der Waals surface area (Å²) in [4.78, 5) is 22.9. The molecule has 1 amide bonds. The minimum absolute atomic E-state index is 0. The molecule has 0 atom stereocenters. The summed E-state index contributed by atoms with van der Waals surface area (Å²) in [5.41, 5.74) is 0.750. The van der Waals surface area contributed by atoms with E-state index >= 15 is 0 Å². The number of halogens is 3. The number of hydrogen-bond acceptors (Lipinski definition) is 5. The van der Waals surface area contributed by atoms with Crippen LogP contribution in [0, 0.1) is 0 Å². The molecule has 9 heteroatoms. The van der Waals surface area contributed by atoms with Gasteiger partial charge in [-0.25, -0.2) is 4.98 Å². The van der Waals surface area contributed by atoms with Crippen LogP contribution in [0.2, 0.25) is 10.0 Å². The number of fused-ring (bicyclic) bond motifs is 1. The van der Waals surface area contributed by atoms with Gasteiger partial charge < -0.3 is 4.90 Å². The molecule has 2 aromatic carbocycles. The molecule has 3 rings (SSSR count). The molecule has 4 nitrogen and oxygen atoms in total. The van der Waals surface area contributed by atoms with Crippen LogP contribution in [0.25, 0.3) is 10.2 Å². The summed E-state index contributed by atoms with van der Waals surface area (Å²) in [5.74, 6) is 0.371. The highest BCUT2D eigenvalue weighted by Gasteiger charge is 2.21. The van der Waals surface area contributed by atoms with Gasteiger partial charge in [0.15, 0.2) is 5.13 Å². The van der Waals surface area contributed by atoms with Gasteiger partial charge in [-0.2, -0.15) is 0 Å². The number of amides is 1. The zero-order chi connectivity index (χ0) is 20.8. The maximum Gasteiger partial charge on any atom is 0.239 e. The predicted octanol–water partition coefficient (Wildman–Crippen LogP) is 6.49. The minimum atomic E-state index is 0. The van der Waals surface area contributed by atoms with Crippen molar-refractivity contribution < 1.29 is 4.79 Å². The standard InChI is InChI=1S/C21H23Cl2N3OS2.ClH/c1-3-25(4-2)12-13-26(19(27)14-28-16-10-8-15(22)9-11-16)21-24-20-17(23)6-5-7-18(20)29-21;/h5-11H,3-4,12-14H2,1-2H3;1H. The molecule has 1 aromatic heterocycles. The molecule has 0 bridgehead atoms. The Kier molecular flexibility index (Phi) is 10.2. The molecule has 0 N–H and O–H groups in total. The first kappa shape index (κ1) is 25.2. The molecule has 3 aromatic rings. The average Bonchev–Trinajstić information content (AvgIpc) is 3.16. The van der Waals surface area contributed by atoms with Gasteiger partial charge in [-0.15, -0.1) is 24.2 Å². The molecule has 162 valence electrons. The topological polar surface area (TPSA) is 36.4 Å². The Morgan fingerprint density at radius 3 is 2.40 bits per heavy atom. The summed E-state index contributed by atoms with van der Waals surface area (Å²) < 4.78 is 0.985. The molecule has 0 spiro atoms. The quantitative estimate of drug-likeness (QED) is 0.312. The maximum absolute atomic E-state index is 13.1. The Morgan fingerprint density at radius 1 is 1.07 bits per heavy atom. The summed E-state index contributed by atoms with van der Waals surface area (Å²) >= 11 is 15.3. The monoisotopic (exact) mass is 503 g/mol. The SMILES string of the molecule is CCN(CC)CCN(C(=O)CSc1ccc(Cl)cc1)c1nc2c(Cl)cccc2s1.Cl. The van der Waals surface area contributed by atoms with Gasteiger partial charge in [0.2, 0.25) is 5.91 Å². The molecule has 30 heavy (non-hydrogen) atoms. The van der Waals surface area contributed by atoms with Crippen molar-refractivity contribution in [1.82, 2.24) is 9.88 Å². The molecule has 0 fully saturated rings. The molecule has 0 aliphatic rings. The number of thioether (sulfide) groups is 1. The van der Waals surface area contributed by atoms with Crippen LogP contribution in [0.3, 0.4) is 0 Å². The van der Waals surface area contributed by atoms with E-state index in [1.807, 2.05) is 42.5 Å². The van der Waals surface area contributed by atoms with Crippen molar-refractivity contribution >= 4 is 80.0 Å². The number of benzene rings is 2.